The van der Waals surface area contributed by atoms with Crippen LogP contribution in [0.1, 0.15) is 5.56 Å². The number of aryl methyl sites for hydroxylation is 1. The van der Waals surface area contributed by atoms with E-state index in [9.17, 15) is 17.8 Å². The van der Waals surface area contributed by atoms with Gasteiger partial charge in [0.25, 0.3) is 10.1 Å². The number of hydrogen-bond donors (Lipinski definition) is 6. The topological polar surface area (TPSA) is 203 Å². The summed E-state index contributed by atoms with van der Waals surface area (Å²) in [6.07, 6.45) is 0.585. The first-order valence-corrected chi connectivity index (χ1v) is 15.2. The van der Waals surface area contributed by atoms with Crippen LogP contribution in [0.15, 0.2) is 81.4 Å². The van der Waals surface area contributed by atoms with Crippen LogP contribution >= 0.6 is 24.1 Å². The van der Waals surface area contributed by atoms with Gasteiger partial charge < -0.3 is 25.4 Å². The molecule has 0 aliphatic heterocycles. The molecule has 0 aliphatic rings. The normalized spacial score (nSPS) is 11.3. The van der Waals surface area contributed by atoms with Crippen molar-refractivity contribution >= 4 is 68.4 Å². The van der Waals surface area contributed by atoms with E-state index in [4.69, 9.17) is 20.0 Å². The summed E-state index contributed by atoms with van der Waals surface area (Å²) in [6, 6.07) is 17.9. The van der Waals surface area contributed by atoms with Crippen LogP contribution in [0.2, 0.25) is 0 Å². The number of rotatable bonds is 17. The molecule has 0 saturated heterocycles. The first kappa shape index (κ1) is 33.1. The first-order chi connectivity index (χ1) is 21.2. The summed E-state index contributed by atoms with van der Waals surface area (Å²) in [4.78, 5) is 10.6. The predicted octanol–water partition coefficient (Wildman–Crippen LogP) is 5.72. The first-order valence-electron chi connectivity index (χ1n) is 12.3. The van der Waals surface area contributed by atoms with Gasteiger partial charge in [-0.1, -0.05) is 16.1 Å². The Kier molecular flexibility index (Phi) is 11.9. The van der Waals surface area contributed by atoms with Gasteiger partial charge in [0.1, 0.15) is 16.4 Å². The molecule has 0 saturated carbocycles. The zero-order valence-corrected chi connectivity index (χ0v) is 25.0. The molecule has 0 bridgehead atoms. The van der Waals surface area contributed by atoms with Crippen molar-refractivity contribution in [1.82, 2.24) is 0 Å². The summed E-state index contributed by atoms with van der Waals surface area (Å²) >= 11 is 1.05. The minimum atomic E-state index is -4.77. The number of carbonyl (C=O) groups excluding carboxylic acids is 1. The van der Waals surface area contributed by atoms with E-state index in [1.54, 1.807) is 48.5 Å². The monoisotopic (exact) mass is 667 g/mol. The number of nitrogens with one attached hydrogen (secondary N) is 3. The summed E-state index contributed by atoms with van der Waals surface area (Å²) in [6.45, 7) is 1.94. The van der Waals surface area contributed by atoms with E-state index >= 15 is 0 Å². The second kappa shape index (κ2) is 15.8. The molecule has 0 spiro atoms. The smallest absolute Gasteiger partial charge is 0.295 e. The van der Waals surface area contributed by atoms with Crippen LogP contribution in [0.4, 0.5) is 17.1 Å². The molecule has 1 amide bonds. The molecule has 4 aromatic rings. The molecule has 234 valence electrons. The summed E-state index contributed by atoms with van der Waals surface area (Å²) in [5.74, 6) is 1.08. The minimum absolute atomic E-state index is 0.0695. The summed E-state index contributed by atoms with van der Waals surface area (Å²) < 4.78 is 55.1. The summed E-state index contributed by atoms with van der Waals surface area (Å²) in [5, 5.41) is 33.4. The van der Waals surface area contributed by atoms with Gasteiger partial charge in [-0.15, -0.1) is 8.67 Å². The Morgan fingerprint density at radius 1 is 0.841 bits per heavy atom. The van der Waals surface area contributed by atoms with Gasteiger partial charge in [0, 0.05) is 43.7 Å². The average Bonchev–Trinajstić information content (AvgIpc) is 3.00. The van der Waals surface area contributed by atoms with Crippen molar-refractivity contribution in [3.8, 4) is 11.5 Å². The van der Waals surface area contributed by atoms with Crippen LogP contribution in [0.3, 0.4) is 0 Å². The largest absolute Gasteiger partial charge is 0.473 e. The fraction of sp³-hybridized carbons (Fsp3) is 0.115. The van der Waals surface area contributed by atoms with Gasteiger partial charge in [-0.25, -0.2) is 10.5 Å². The van der Waals surface area contributed by atoms with E-state index in [1.165, 1.54) is 12.1 Å². The van der Waals surface area contributed by atoms with Crippen molar-refractivity contribution in [3.05, 3.63) is 72.3 Å². The molecule has 44 heavy (non-hydrogen) atoms. The van der Waals surface area contributed by atoms with Crippen LogP contribution in [-0.4, -0.2) is 43.4 Å². The van der Waals surface area contributed by atoms with Gasteiger partial charge >= 0.3 is 0 Å². The zero-order chi connectivity index (χ0) is 31.5. The van der Waals surface area contributed by atoms with Crippen molar-refractivity contribution in [2.75, 3.05) is 29.4 Å². The van der Waals surface area contributed by atoms with Gasteiger partial charge in [0.15, 0.2) is 13.5 Å². The van der Waals surface area contributed by atoms with Gasteiger partial charge in [-0.05, 0) is 67.1 Å². The maximum Gasteiger partial charge on any atom is 0.295 e. The van der Waals surface area contributed by atoms with Crippen LogP contribution in [-0.2, 0) is 33.7 Å². The van der Waals surface area contributed by atoms with Crippen molar-refractivity contribution < 1.29 is 56.5 Å². The Morgan fingerprint density at radius 2 is 1.52 bits per heavy atom. The Labute approximate surface area is 259 Å². The highest BCUT2D eigenvalue weighted by Gasteiger charge is 2.22. The summed E-state index contributed by atoms with van der Waals surface area (Å²) in [5.41, 5.74) is 2.53. The van der Waals surface area contributed by atoms with E-state index in [2.05, 4.69) is 34.7 Å². The number of fused-ring (bicyclic) bond motifs is 1. The molecule has 4 aromatic carbocycles. The third-order valence-electron chi connectivity index (χ3n) is 5.87. The van der Waals surface area contributed by atoms with Gasteiger partial charge in [0.05, 0.1) is 24.1 Å². The minimum Gasteiger partial charge on any atom is -0.473 e. The fourth-order valence-corrected chi connectivity index (χ4v) is 5.78. The molecule has 15 nitrogen and oxygen atoms in total. The highest BCUT2D eigenvalue weighted by Crippen LogP contribution is 2.40. The Morgan fingerprint density at radius 3 is 2.20 bits per heavy atom. The lowest BCUT2D eigenvalue weighted by Gasteiger charge is -2.17. The molecule has 4 rings (SSSR count). The Balaban J connectivity index is 1.47. The van der Waals surface area contributed by atoms with Gasteiger partial charge in [-0.3, -0.25) is 9.35 Å². The van der Waals surface area contributed by atoms with Crippen molar-refractivity contribution in [1.29, 1.82) is 0 Å². The molecular weight excluding hydrogens is 642 g/mol. The average molecular weight is 668 g/mol. The maximum atomic E-state index is 12.3. The lowest BCUT2D eigenvalue weighted by Crippen LogP contribution is -2.12. The van der Waals surface area contributed by atoms with Crippen LogP contribution in [0.5, 0.6) is 11.5 Å². The van der Waals surface area contributed by atoms with E-state index in [-0.39, 0.29) is 34.8 Å². The standard InChI is InChI=1S/C26H25N3O12S3/c1-16-9-19(5-6-22(16)28-14-36-18-4-2-3-17(10-18)27-13-30)37-15-29-23-7-8-24(43-41-39-32)21-11-20(42-40-38-31)12-25(26(21)23)44(33,34)35/h2-13,28-29,31-32H,14-15H2,1H3,(H,27,30)(H,33,34,35). The van der Waals surface area contributed by atoms with E-state index in [0.29, 0.717) is 52.6 Å². The number of amides is 1. The predicted molar refractivity (Wildman–Crippen MR) is 161 cm³/mol. The highest BCUT2D eigenvalue weighted by atomic mass is 32.2. The van der Waals surface area contributed by atoms with Crippen LogP contribution in [0, 0.1) is 6.92 Å². The molecular formula is C26H25N3O12S3. The molecule has 0 fully saturated rings. The molecule has 0 aromatic heterocycles. The Hall–Kier alpha value is -3.82. The number of benzene rings is 4. The molecule has 0 aliphatic carbocycles. The lowest BCUT2D eigenvalue weighted by molar-refractivity contribution is -0.432. The molecule has 0 radical (unpaired) electrons. The quantitative estimate of drug-likeness (QED) is 0.0199. The number of anilines is 3. The molecule has 6 N–H and O–H groups in total. The number of ether oxygens (including phenoxy) is 2. The molecule has 0 unspecified atom stereocenters. The van der Waals surface area contributed by atoms with Gasteiger partial charge in [0.2, 0.25) is 6.41 Å². The lowest BCUT2D eigenvalue weighted by atomic mass is 10.1. The number of carbonyl (C=O) groups is 1. The highest BCUT2D eigenvalue weighted by molar-refractivity contribution is 7.95. The maximum absolute atomic E-state index is 12.3. The molecule has 18 heteroatoms. The SMILES string of the molecule is Cc1cc(OCNc2ccc(SOOO)c3cc(SOOO)cc(S(=O)(=O)O)c23)ccc1NCOc1cccc(NC=O)c1. The zero-order valence-electron chi connectivity index (χ0n) is 22.6. The Bertz CT molecular complexity index is 1710. The third-order valence-corrected chi connectivity index (χ3v) is 7.96. The van der Waals surface area contributed by atoms with Crippen LogP contribution < -0.4 is 25.4 Å². The second-order valence-electron chi connectivity index (χ2n) is 8.58. The van der Waals surface area contributed by atoms with Crippen molar-refractivity contribution in [2.45, 2.75) is 21.6 Å². The number of hydrogen-bond acceptors (Lipinski definition) is 15. The van der Waals surface area contributed by atoms with Crippen molar-refractivity contribution in [3.63, 3.8) is 0 Å². The second-order valence-corrected chi connectivity index (χ2v) is 11.5. The molecule has 0 atom stereocenters. The molecule has 0 heterocycles. The van der Waals surface area contributed by atoms with E-state index < -0.39 is 15.0 Å². The van der Waals surface area contributed by atoms with E-state index in [0.717, 1.165) is 17.3 Å². The van der Waals surface area contributed by atoms with Gasteiger partial charge in [-0.2, -0.15) is 8.42 Å². The fourth-order valence-electron chi connectivity index (χ4n) is 4.03. The third kappa shape index (κ3) is 8.86. The van der Waals surface area contributed by atoms with Crippen molar-refractivity contribution in [2.24, 2.45) is 0 Å². The van der Waals surface area contributed by atoms with E-state index in [1.807, 2.05) is 6.92 Å². The van der Waals surface area contributed by atoms with Crippen LogP contribution in [0.25, 0.3) is 10.8 Å². The summed E-state index contributed by atoms with van der Waals surface area (Å²) in [7, 11) is -4.77.